The van der Waals surface area contributed by atoms with E-state index in [1.54, 1.807) is 19.9 Å². The molecule has 0 aliphatic carbocycles. The van der Waals surface area contributed by atoms with E-state index < -0.39 is 23.6 Å². The van der Waals surface area contributed by atoms with Gasteiger partial charge in [0.2, 0.25) is 0 Å². The summed E-state index contributed by atoms with van der Waals surface area (Å²) in [6, 6.07) is 3.76. The lowest BCUT2D eigenvalue weighted by Crippen LogP contribution is -2.30. The number of hydrogen-bond acceptors (Lipinski definition) is 3. The third-order valence-electron chi connectivity index (χ3n) is 4.33. The summed E-state index contributed by atoms with van der Waals surface area (Å²) in [5.41, 5.74) is 4.11. The summed E-state index contributed by atoms with van der Waals surface area (Å²) in [7, 11) is 0. The van der Waals surface area contributed by atoms with Crippen molar-refractivity contribution in [1.29, 1.82) is 0 Å². The third-order valence-corrected chi connectivity index (χ3v) is 4.33. The summed E-state index contributed by atoms with van der Waals surface area (Å²) in [4.78, 5) is 11.8. The van der Waals surface area contributed by atoms with E-state index >= 15 is 0 Å². The molecule has 1 fully saturated rings. The maximum absolute atomic E-state index is 14.1. The maximum atomic E-state index is 14.1. The normalized spacial score (nSPS) is 17.2. The van der Waals surface area contributed by atoms with Crippen molar-refractivity contribution in [3.63, 3.8) is 0 Å². The second-order valence-corrected chi connectivity index (χ2v) is 6.09. The van der Waals surface area contributed by atoms with E-state index in [0.717, 1.165) is 12.5 Å². The molecule has 1 amide bonds. The Morgan fingerprint density at radius 1 is 1.31 bits per heavy atom. The van der Waals surface area contributed by atoms with Gasteiger partial charge in [-0.1, -0.05) is 0 Å². The van der Waals surface area contributed by atoms with Gasteiger partial charge in [0.1, 0.15) is 6.10 Å². The van der Waals surface area contributed by atoms with Crippen molar-refractivity contribution in [2.75, 3.05) is 6.61 Å². The van der Waals surface area contributed by atoms with Gasteiger partial charge in [0.25, 0.3) is 5.91 Å². The Morgan fingerprint density at radius 3 is 2.77 bits per heavy atom. The number of amides is 1. The van der Waals surface area contributed by atoms with Crippen molar-refractivity contribution in [3.8, 4) is 5.69 Å². The van der Waals surface area contributed by atoms with Gasteiger partial charge in [-0.15, -0.1) is 0 Å². The van der Waals surface area contributed by atoms with Crippen LogP contribution < -0.4 is 5.43 Å². The Morgan fingerprint density at radius 2 is 2.08 bits per heavy atom. The summed E-state index contributed by atoms with van der Waals surface area (Å²) in [6.45, 7) is 3.95. The van der Waals surface area contributed by atoms with Crippen LogP contribution in [0.5, 0.6) is 0 Å². The lowest BCUT2D eigenvalue weighted by molar-refractivity contribution is -0.130. The summed E-state index contributed by atoms with van der Waals surface area (Å²) in [5.74, 6) is -4.34. The van der Waals surface area contributed by atoms with Crippen LogP contribution in [-0.2, 0) is 9.53 Å². The minimum Gasteiger partial charge on any atom is -0.368 e. The van der Waals surface area contributed by atoms with E-state index in [4.69, 9.17) is 4.74 Å². The quantitative estimate of drug-likeness (QED) is 0.514. The average molecular weight is 365 g/mol. The van der Waals surface area contributed by atoms with E-state index in [1.807, 2.05) is 0 Å². The minimum atomic E-state index is -1.52. The number of hydrazone groups is 1. The van der Waals surface area contributed by atoms with E-state index in [-0.39, 0.29) is 11.6 Å². The van der Waals surface area contributed by atoms with Crippen LogP contribution in [0.3, 0.4) is 0 Å². The average Bonchev–Trinajstić information content (AvgIpc) is 3.23. The van der Waals surface area contributed by atoms with Crippen molar-refractivity contribution in [2.24, 2.45) is 5.10 Å². The fraction of sp³-hybridized carbons (Fsp3) is 0.333. The van der Waals surface area contributed by atoms with Crippen molar-refractivity contribution >= 4 is 12.1 Å². The molecule has 1 atom stereocenters. The summed E-state index contributed by atoms with van der Waals surface area (Å²) < 4.78 is 47.5. The smallest absolute Gasteiger partial charge is 0.269 e. The number of rotatable bonds is 4. The molecule has 0 bridgehead atoms. The molecule has 5 nitrogen and oxygen atoms in total. The number of ether oxygens (including phenoxy) is 1. The lowest BCUT2D eigenvalue weighted by Gasteiger charge is -2.11. The zero-order chi connectivity index (χ0) is 18.8. The van der Waals surface area contributed by atoms with Crippen LogP contribution in [0.4, 0.5) is 13.2 Å². The van der Waals surface area contributed by atoms with Gasteiger partial charge in [-0.2, -0.15) is 5.10 Å². The van der Waals surface area contributed by atoms with Crippen molar-refractivity contribution in [1.82, 2.24) is 9.99 Å². The van der Waals surface area contributed by atoms with Crippen LogP contribution >= 0.6 is 0 Å². The molecule has 1 aliphatic rings. The van der Waals surface area contributed by atoms with Gasteiger partial charge in [-0.05, 0) is 44.9 Å². The monoisotopic (exact) mass is 365 g/mol. The Kier molecular flexibility index (Phi) is 5.13. The number of nitrogens with zero attached hydrogens (tertiary/aromatic N) is 2. The Balaban J connectivity index is 1.83. The Labute approximate surface area is 148 Å². The molecule has 1 unspecified atom stereocenters. The van der Waals surface area contributed by atoms with Gasteiger partial charge in [0.15, 0.2) is 17.5 Å². The molecule has 1 saturated heterocycles. The van der Waals surface area contributed by atoms with Crippen LogP contribution in [0.2, 0.25) is 0 Å². The minimum absolute atomic E-state index is 0.0954. The molecule has 26 heavy (non-hydrogen) atoms. The summed E-state index contributed by atoms with van der Waals surface area (Å²) in [6.07, 6.45) is 2.42. The van der Waals surface area contributed by atoms with Crippen molar-refractivity contribution in [3.05, 3.63) is 52.6 Å². The highest BCUT2D eigenvalue weighted by Crippen LogP contribution is 2.24. The Bertz CT molecular complexity index is 871. The molecule has 0 radical (unpaired) electrons. The molecule has 1 aliphatic heterocycles. The van der Waals surface area contributed by atoms with Crippen LogP contribution in [0.15, 0.2) is 23.3 Å². The van der Waals surface area contributed by atoms with Crippen LogP contribution in [0, 0.1) is 31.3 Å². The molecule has 138 valence electrons. The first-order chi connectivity index (χ1) is 12.4. The number of carbonyl (C=O) groups is 1. The van der Waals surface area contributed by atoms with Gasteiger partial charge in [0.05, 0.1) is 11.9 Å². The summed E-state index contributed by atoms with van der Waals surface area (Å²) in [5, 5.41) is 3.90. The van der Waals surface area contributed by atoms with Gasteiger partial charge in [-0.3, -0.25) is 4.79 Å². The number of benzene rings is 1. The number of aromatic nitrogens is 1. The van der Waals surface area contributed by atoms with Crippen molar-refractivity contribution < 1.29 is 22.7 Å². The number of nitrogens with one attached hydrogen (secondary N) is 1. The highest BCUT2D eigenvalue weighted by atomic mass is 19.2. The molecule has 0 saturated carbocycles. The second kappa shape index (κ2) is 7.33. The second-order valence-electron chi connectivity index (χ2n) is 6.09. The van der Waals surface area contributed by atoms with Crippen LogP contribution in [0.25, 0.3) is 5.69 Å². The standard InChI is InChI=1S/C18H18F3N3O2/c1-10-8-12(9-22-23-18(25)15-4-3-7-26-15)11(2)24(10)14-6-5-13(19)16(20)17(14)21/h5-6,8-9,15H,3-4,7H2,1-2H3,(H,23,25)/b22-9+. The zero-order valence-corrected chi connectivity index (χ0v) is 14.4. The fourth-order valence-electron chi connectivity index (χ4n) is 3.00. The fourth-order valence-corrected chi connectivity index (χ4v) is 3.00. The SMILES string of the molecule is Cc1cc(/C=N/NC(=O)C2CCCO2)c(C)n1-c1ccc(F)c(F)c1F. The molecule has 0 spiro atoms. The molecular formula is C18H18F3N3O2. The predicted octanol–water partition coefficient (Wildman–Crippen LogP) is 3.14. The molecule has 3 rings (SSSR count). The molecule has 1 N–H and O–H groups in total. The summed E-state index contributed by atoms with van der Waals surface area (Å²) >= 11 is 0. The van der Waals surface area contributed by atoms with E-state index in [1.165, 1.54) is 16.8 Å². The van der Waals surface area contributed by atoms with Gasteiger partial charge in [-0.25, -0.2) is 18.6 Å². The van der Waals surface area contributed by atoms with E-state index in [2.05, 4.69) is 10.5 Å². The first-order valence-electron chi connectivity index (χ1n) is 8.17. The molecule has 1 aromatic carbocycles. The molecule has 1 aromatic heterocycles. The molecule has 2 aromatic rings. The number of halogens is 3. The van der Waals surface area contributed by atoms with Gasteiger partial charge < -0.3 is 9.30 Å². The van der Waals surface area contributed by atoms with Gasteiger partial charge >= 0.3 is 0 Å². The Hall–Kier alpha value is -2.61. The first-order valence-corrected chi connectivity index (χ1v) is 8.17. The topological polar surface area (TPSA) is 55.6 Å². The van der Waals surface area contributed by atoms with E-state index in [0.29, 0.717) is 30.0 Å². The van der Waals surface area contributed by atoms with Gasteiger partial charge in [0, 0.05) is 23.6 Å². The van der Waals surface area contributed by atoms with Crippen molar-refractivity contribution in [2.45, 2.75) is 32.8 Å². The largest absolute Gasteiger partial charge is 0.368 e. The third kappa shape index (κ3) is 3.37. The van der Waals surface area contributed by atoms with Crippen LogP contribution in [-0.4, -0.2) is 29.4 Å². The maximum Gasteiger partial charge on any atom is 0.269 e. The predicted molar refractivity (Wildman–Crippen MR) is 89.8 cm³/mol. The number of carbonyl (C=O) groups excluding carboxylic acids is 1. The highest BCUT2D eigenvalue weighted by molar-refractivity contribution is 5.85. The number of aryl methyl sites for hydroxylation is 1. The molecule has 8 heteroatoms. The first kappa shape index (κ1) is 18.2. The zero-order valence-electron chi connectivity index (χ0n) is 14.4. The lowest BCUT2D eigenvalue weighted by atomic mass is 10.2. The number of hydrogen-bond donors (Lipinski definition) is 1. The molecular weight excluding hydrogens is 347 g/mol. The van der Waals surface area contributed by atoms with E-state index in [9.17, 15) is 18.0 Å². The van der Waals surface area contributed by atoms with Crippen LogP contribution in [0.1, 0.15) is 29.8 Å². The highest BCUT2D eigenvalue weighted by Gasteiger charge is 2.23. The molecule has 2 heterocycles.